The molecule has 1 aliphatic carbocycles. The predicted molar refractivity (Wildman–Crippen MR) is 294 cm³/mol. The molecule has 2 fully saturated rings. The fourth-order valence-electron chi connectivity index (χ4n) is 9.51. The Bertz CT molecular complexity index is 2240. The Balaban J connectivity index is 1.75. The summed E-state index contributed by atoms with van der Waals surface area (Å²) in [5.41, 5.74) is 0.827. The molecule has 23 nitrogen and oxygen atoms in total. The Morgan fingerprint density at radius 3 is 1.64 bits per heavy atom. The molecule has 0 bridgehead atoms. The summed E-state index contributed by atoms with van der Waals surface area (Å²) in [6, 6.07) is -5.35. The van der Waals surface area contributed by atoms with Crippen LogP contribution in [0.15, 0.2) is 10.7 Å². The van der Waals surface area contributed by atoms with Crippen molar-refractivity contribution in [3.05, 3.63) is 17.8 Å². The van der Waals surface area contributed by atoms with Crippen molar-refractivity contribution in [1.29, 1.82) is 0 Å². The van der Waals surface area contributed by atoms with Crippen molar-refractivity contribution in [1.82, 2.24) is 57.7 Å². The van der Waals surface area contributed by atoms with Crippen molar-refractivity contribution in [2.24, 2.45) is 29.4 Å². The topological polar surface area (TPSA) is 334 Å². The van der Waals surface area contributed by atoms with Crippen molar-refractivity contribution < 1.29 is 52.4 Å². The lowest BCUT2D eigenvalue weighted by Gasteiger charge is -2.34. The van der Waals surface area contributed by atoms with E-state index in [1.807, 2.05) is 41.5 Å². The first-order valence-corrected chi connectivity index (χ1v) is 28.0. The Morgan fingerprint density at radius 2 is 1.13 bits per heavy atom. The van der Waals surface area contributed by atoms with Crippen molar-refractivity contribution in [3.63, 3.8) is 0 Å². The average molecular weight is 1100 g/mol. The highest BCUT2D eigenvalue weighted by Gasteiger charge is 2.42. The smallest absolute Gasteiger partial charge is 0.276 e. The van der Waals surface area contributed by atoms with Gasteiger partial charge in [-0.05, 0) is 110 Å². The van der Waals surface area contributed by atoms with Gasteiger partial charge >= 0.3 is 0 Å². The van der Waals surface area contributed by atoms with Gasteiger partial charge in [0.2, 0.25) is 53.2 Å². The van der Waals surface area contributed by atoms with E-state index in [-0.39, 0.29) is 68.1 Å². The van der Waals surface area contributed by atoms with E-state index in [2.05, 4.69) is 52.8 Å². The predicted octanol–water partition coefficient (Wildman–Crippen LogP) is 2.29. The molecule has 2 aliphatic rings. The molecule has 1 saturated carbocycles. The summed E-state index contributed by atoms with van der Waals surface area (Å²) in [7, 11) is 0. The lowest BCUT2D eigenvalue weighted by Crippen LogP contribution is -2.65. The molecule has 0 radical (unpaired) electrons. The molecule has 1 aromatic heterocycles. The first kappa shape index (κ1) is 66.2. The largest absolute Gasteiger partial charge is 0.448 e. The minimum atomic E-state index is -1.64. The minimum absolute atomic E-state index is 0.00193. The van der Waals surface area contributed by atoms with Gasteiger partial charge in [0.1, 0.15) is 53.1 Å². The van der Waals surface area contributed by atoms with Crippen LogP contribution in [0.3, 0.4) is 0 Å². The van der Waals surface area contributed by atoms with Crippen LogP contribution in [0.4, 0.5) is 0 Å². The van der Waals surface area contributed by atoms with Crippen LogP contribution in [0.1, 0.15) is 183 Å². The Hall–Kier alpha value is -6.13. The van der Waals surface area contributed by atoms with E-state index in [1.54, 1.807) is 6.92 Å². The number of nitrogens with one attached hydrogen (secondary N) is 9. The Morgan fingerprint density at radius 1 is 0.615 bits per heavy atom. The zero-order chi connectivity index (χ0) is 58.7. The molecule has 1 aromatic rings. The third-order valence-corrected chi connectivity index (χ3v) is 14.0. The van der Waals surface area contributed by atoms with E-state index < -0.39 is 100.0 Å². The van der Waals surface area contributed by atoms with Crippen LogP contribution in [-0.2, 0) is 43.2 Å². The van der Waals surface area contributed by atoms with Gasteiger partial charge in [-0.3, -0.25) is 47.9 Å². The van der Waals surface area contributed by atoms with Gasteiger partial charge in [-0.25, -0.2) is 4.98 Å². The quantitative estimate of drug-likeness (QED) is 0.0530. The maximum absolute atomic E-state index is 14.4. The fourth-order valence-corrected chi connectivity index (χ4v) is 9.51. The zero-order valence-corrected chi connectivity index (χ0v) is 48.8. The van der Waals surface area contributed by atoms with Crippen LogP contribution in [0.25, 0.3) is 0 Å². The number of carbonyl (C=O) groups excluding carboxylic acids is 10. The minimum Gasteiger partial charge on any atom is -0.448 e. The first-order chi connectivity index (χ1) is 36.4. The third-order valence-electron chi connectivity index (χ3n) is 14.0. The molecule has 23 heteroatoms. The number of hydrogen-bond donors (Lipinski definition) is 10. The van der Waals surface area contributed by atoms with Gasteiger partial charge in [0.05, 0.1) is 0 Å². The summed E-state index contributed by atoms with van der Waals surface area (Å²) in [5, 5.41) is 24.8. The second-order valence-electron chi connectivity index (χ2n) is 24.0. The molecule has 0 unspecified atom stereocenters. The molecule has 5 atom stereocenters. The summed E-state index contributed by atoms with van der Waals surface area (Å²) in [5.74, 6) is -5.47. The molecule has 0 spiro atoms. The van der Waals surface area contributed by atoms with Gasteiger partial charge in [-0.2, -0.15) is 0 Å². The Labute approximate surface area is 461 Å². The number of carbonyl (C=O) groups is 10. The van der Waals surface area contributed by atoms with E-state index in [0.29, 0.717) is 50.6 Å². The molecule has 1 saturated heterocycles. The van der Waals surface area contributed by atoms with E-state index in [4.69, 9.17) is 10.2 Å². The monoisotopic (exact) mass is 1100 g/mol. The normalized spacial score (nSPS) is 16.8. The average Bonchev–Trinajstić information content (AvgIpc) is 4.03. The maximum atomic E-state index is 14.4. The van der Waals surface area contributed by atoms with Crippen LogP contribution >= 0.6 is 0 Å². The van der Waals surface area contributed by atoms with Crippen LogP contribution in [-0.4, -0.2) is 142 Å². The summed E-state index contributed by atoms with van der Waals surface area (Å²) in [6.45, 7) is 22.5. The number of rotatable bonds is 30. The molecule has 0 aromatic carbocycles. The molecule has 11 N–H and O–H groups in total. The molecule has 10 amide bonds. The number of aryl methyl sites for hydroxylation is 1. The Kier molecular flexibility index (Phi) is 25.7. The highest BCUT2D eigenvalue weighted by atomic mass is 16.3. The second kappa shape index (κ2) is 30.3. The van der Waals surface area contributed by atoms with E-state index in [9.17, 15) is 47.9 Å². The lowest BCUT2D eigenvalue weighted by atomic mass is 9.85. The van der Waals surface area contributed by atoms with Gasteiger partial charge in [-0.1, -0.05) is 73.6 Å². The van der Waals surface area contributed by atoms with Crippen LogP contribution < -0.4 is 53.6 Å². The number of likely N-dealkylation sites (tertiary alicyclic amines) is 1. The van der Waals surface area contributed by atoms with Crippen molar-refractivity contribution in [2.75, 3.05) is 26.2 Å². The number of amides is 10. The second-order valence-corrected chi connectivity index (χ2v) is 24.0. The number of hydrogen-bond acceptors (Lipinski definition) is 13. The molecular formula is C55H94N12O11. The highest BCUT2D eigenvalue weighted by Crippen LogP contribution is 2.28. The summed E-state index contributed by atoms with van der Waals surface area (Å²) in [4.78, 5) is 143. The summed E-state index contributed by atoms with van der Waals surface area (Å²) in [6.07, 6.45) is 9.01. The fraction of sp³-hybridized carbons (Fsp3) is 0.764. The molecule has 2 heterocycles. The molecule has 1 aliphatic heterocycles. The van der Waals surface area contributed by atoms with Gasteiger partial charge < -0.3 is 62.9 Å². The summed E-state index contributed by atoms with van der Waals surface area (Å²) < 4.78 is 5.25. The van der Waals surface area contributed by atoms with Crippen LogP contribution in [0.2, 0.25) is 0 Å². The van der Waals surface area contributed by atoms with Gasteiger partial charge in [-0.15, -0.1) is 0 Å². The van der Waals surface area contributed by atoms with Crippen LogP contribution in [0, 0.1) is 30.6 Å². The number of nitrogens with two attached hydrogens (primary N) is 1. The number of oxazole rings is 1. The first-order valence-electron chi connectivity index (χ1n) is 28.0. The standard InChI is InChI=1S/C55H94N12O11/c1-32(2)28-38(45(70)62-40(30-34(5)6)47(72)65-55(12,13)52(77)66-53(8,9)50(75)58-25-23-43(68)57-26-24-56)63-51(76)54(10,11)64-46(71)39(29-33(3)4)61-44(69)37(22-21-36-18-15-14-16-19-36)60-48(73)42-20-17-27-67(42)49(74)41-31-78-35(7)59-41/h31-34,36-40,42H,14-30,56H2,1-13H3,(H,57,68)(H,58,75)(H,60,73)(H,61,69)(H,62,70)(H,63,76)(H,64,71)(H,65,72)(H,66,77)/t37-,38-,39-,40-,42-/m0/s1. The molecule has 78 heavy (non-hydrogen) atoms. The maximum Gasteiger partial charge on any atom is 0.276 e. The van der Waals surface area contributed by atoms with Crippen LogP contribution in [0.5, 0.6) is 0 Å². The van der Waals surface area contributed by atoms with Crippen molar-refractivity contribution in [2.45, 2.75) is 220 Å². The highest BCUT2D eigenvalue weighted by molar-refractivity contribution is 6.00. The van der Waals surface area contributed by atoms with E-state index in [1.165, 1.54) is 52.7 Å². The van der Waals surface area contributed by atoms with E-state index >= 15 is 0 Å². The molecule has 3 rings (SSSR count). The number of aromatic nitrogens is 1. The van der Waals surface area contributed by atoms with Gasteiger partial charge in [0.15, 0.2) is 11.6 Å². The lowest BCUT2D eigenvalue weighted by molar-refractivity contribution is -0.139. The van der Waals surface area contributed by atoms with E-state index in [0.717, 1.165) is 32.1 Å². The molecule has 440 valence electrons. The van der Waals surface area contributed by atoms with Gasteiger partial charge in [0.25, 0.3) is 5.91 Å². The zero-order valence-electron chi connectivity index (χ0n) is 48.8. The van der Waals surface area contributed by atoms with Gasteiger partial charge in [0, 0.05) is 39.5 Å². The summed E-state index contributed by atoms with van der Waals surface area (Å²) >= 11 is 0. The van der Waals surface area contributed by atoms with Crippen molar-refractivity contribution in [3.8, 4) is 0 Å². The molecular weight excluding hydrogens is 1000 g/mol. The SMILES string of the molecule is Cc1nc(C(=O)N2CCC[C@H]2C(=O)N[C@@H](CCC2CCCCC2)C(=O)N[C@@H](CC(C)C)C(=O)NC(C)(C)C(=O)N[C@@H](CC(C)C)C(=O)N[C@@H](CC(C)C)C(=O)NC(C)(C)C(=O)NC(C)(C)C(=O)NCCC(=O)NCCN)co1. The third kappa shape index (κ3) is 21.3. The number of nitrogens with zero attached hydrogens (tertiary/aromatic N) is 2. The van der Waals surface area contributed by atoms with Crippen molar-refractivity contribution >= 4 is 59.1 Å².